The average Bonchev–Trinajstić information content (AvgIpc) is 3.43. The predicted molar refractivity (Wildman–Crippen MR) is 99.6 cm³/mol. The molecule has 0 spiro atoms. The number of ether oxygens (including phenoxy) is 1. The van der Waals surface area contributed by atoms with Gasteiger partial charge in [0.15, 0.2) is 11.5 Å². The Bertz CT molecular complexity index is 1090. The fourth-order valence-electron chi connectivity index (χ4n) is 2.82. The highest BCUT2D eigenvalue weighted by Crippen LogP contribution is 2.24. The fraction of sp³-hybridized carbons (Fsp3) is 0.200. The van der Waals surface area contributed by atoms with Gasteiger partial charge in [0.25, 0.3) is 5.91 Å². The van der Waals surface area contributed by atoms with Gasteiger partial charge in [0.1, 0.15) is 29.8 Å². The van der Waals surface area contributed by atoms with Crippen molar-refractivity contribution in [3.8, 4) is 5.75 Å². The number of hydrogen-bond acceptors (Lipinski definition) is 7. The molecule has 0 fully saturated rings. The smallest absolute Gasteiger partial charge is 0.276 e. The molecule has 0 saturated heterocycles. The molecule has 142 valence electrons. The summed E-state index contributed by atoms with van der Waals surface area (Å²) in [5.74, 6) is 0.801. The summed E-state index contributed by atoms with van der Waals surface area (Å²) in [4.78, 5) is 18.5. The van der Waals surface area contributed by atoms with Gasteiger partial charge >= 0.3 is 0 Å². The molecule has 0 aliphatic carbocycles. The van der Waals surface area contributed by atoms with Gasteiger partial charge in [-0.3, -0.25) is 9.78 Å². The zero-order valence-electron chi connectivity index (χ0n) is 15.4. The van der Waals surface area contributed by atoms with Gasteiger partial charge in [0.2, 0.25) is 0 Å². The van der Waals surface area contributed by atoms with E-state index in [1.807, 2.05) is 37.3 Å². The maximum atomic E-state index is 12.6. The number of carbonyl (C=O) groups excluding carboxylic acids is 1. The third-order valence-corrected chi connectivity index (χ3v) is 4.53. The SMILES string of the molecule is C[C@H](c1ccon1)N(C)C(=O)c1cc(COc2cccc3cccnc23)on1. The Morgan fingerprint density at radius 1 is 1.21 bits per heavy atom. The summed E-state index contributed by atoms with van der Waals surface area (Å²) in [6.07, 6.45) is 3.18. The van der Waals surface area contributed by atoms with Crippen LogP contribution in [0.15, 0.2) is 64.0 Å². The summed E-state index contributed by atoms with van der Waals surface area (Å²) >= 11 is 0. The highest BCUT2D eigenvalue weighted by molar-refractivity contribution is 5.92. The third kappa shape index (κ3) is 3.44. The number of nitrogens with zero attached hydrogens (tertiary/aromatic N) is 4. The van der Waals surface area contributed by atoms with Gasteiger partial charge in [-0.25, -0.2) is 0 Å². The summed E-state index contributed by atoms with van der Waals surface area (Å²) in [5.41, 5.74) is 1.63. The second-order valence-electron chi connectivity index (χ2n) is 6.31. The molecular weight excluding hydrogens is 360 g/mol. The van der Waals surface area contributed by atoms with E-state index in [1.54, 1.807) is 25.4 Å². The first kappa shape index (κ1) is 17.7. The molecule has 0 N–H and O–H groups in total. The quantitative estimate of drug-likeness (QED) is 0.506. The van der Waals surface area contributed by atoms with Crippen LogP contribution in [0.2, 0.25) is 0 Å². The van der Waals surface area contributed by atoms with Crippen molar-refractivity contribution in [2.24, 2.45) is 0 Å². The lowest BCUT2D eigenvalue weighted by Crippen LogP contribution is -2.30. The molecule has 1 aromatic carbocycles. The summed E-state index contributed by atoms with van der Waals surface area (Å²) in [6, 6.07) is 12.6. The molecular formula is C20H18N4O4. The van der Waals surface area contributed by atoms with Crippen molar-refractivity contribution in [2.75, 3.05) is 7.05 Å². The standard InChI is InChI=1S/C20H18N4O4/c1-13(16-8-10-27-22-16)24(2)20(25)17-11-15(28-23-17)12-26-18-7-3-5-14-6-4-9-21-19(14)18/h3-11,13H,12H2,1-2H3/t13-/m1/s1. The van der Waals surface area contributed by atoms with Crippen LogP contribution in [-0.4, -0.2) is 33.2 Å². The molecule has 28 heavy (non-hydrogen) atoms. The summed E-state index contributed by atoms with van der Waals surface area (Å²) in [6.45, 7) is 1.99. The molecule has 1 amide bonds. The number of pyridine rings is 1. The minimum absolute atomic E-state index is 0.137. The molecule has 4 aromatic rings. The predicted octanol–water partition coefficient (Wildman–Crippen LogP) is 3.62. The lowest BCUT2D eigenvalue weighted by atomic mass is 10.2. The van der Waals surface area contributed by atoms with E-state index >= 15 is 0 Å². The average molecular weight is 378 g/mol. The minimum atomic E-state index is -0.280. The van der Waals surface area contributed by atoms with Crippen LogP contribution in [0.4, 0.5) is 0 Å². The number of aromatic nitrogens is 3. The van der Waals surface area contributed by atoms with Crippen molar-refractivity contribution in [1.82, 2.24) is 20.2 Å². The van der Waals surface area contributed by atoms with E-state index in [4.69, 9.17) is 13.8 Å². The molecule has 0 radical (unpaired) electrons. The maximum Gasteiger partial charge on any atom is 0.276 e. The van der Waals surface area contributed by atoms with E-state index in [1.165, 1.54) is 11.2 Å². The van der Waals surface area contributed by atoms with Crippen molar-refractivity contribution in [3.63, 3.8) is 0 Å². The molecule has 0 aliphatic heterocycles. The summed E-state index contributed by atoms with van der Waals surface area (Å²) in [5, 5.41) is 8.72. The minimum Gasteiger partial charge on any atom is -0.483 e. The molecule has 0 saturated carbocycles. The second-order valence-corrected chi connectivity index (χ2v) is 6.31. The van der Waals surface area contributed by atoms with Crippen LogP contribution < -0.4 is 4.74 Å². The largest absolute Gasteiger partial charge is 0.483 e. The van der Waals surface area contributed by atoms with Crippen LogP contribution in [0.25, 0.3) is 10.9 Å². The Balaban J connectivity index is 1.45. The number of benzene rings is 1. The first-order chi connectivity index (χ1) is 13.6. The van der Waals surface area contributed by atoms with Crippen LogP contribution in [0, 0.1) is 0 Å². The van der Waals surface area contributed by atoms with Crippen LogP contribution in [-0.2, 0) is 6.61 Å². The van der Waals surface area contributed by atoms with E-state index in [9.17, 15) is 4.79 Å². The molecule has 8 nitrogen and oxygen atoms in total. The number of para-hydroxylation sites is 1. The number of hydrogen-bond donors (Lipinski definition) is 0. The van der Waals surface area contributed by atoms with Crippen LogP contribution in [0.5, 0.6) is 5.75 Å². The van der Waals surface area contributed by atoms with E-state index in [0.717, 1.165) is 10.9 Å². The van der Waals surface area contributed by atoms with Gasteiger partial charge in [-0.05, 0) is 19.1 Å². The fourth-order valence-corrected chi connectivity index (χ4v) is 2.82. The van der Waals surface area contributed by atoms with E-state index in [-0.39, 0.29) is 24.2 Å². The second kappa shape index (κ2) is 7.51. The first-order valence-corrected chi connectivity index (χ1v) is 8.73. The number of fused-ring (bicyclic) bond motifs is 1. The topological polar surface area (TPSA) is 94.5 Å². The lowest BCUT2D eigenvalue weighted by Gasteiger charge is -2.21. The molecule has 0 unspecified atom stereocenters. The number of rotatable bonds is 6. The highest BCUT2D eigenvalue weighted by atomic mass is 16.5. The van der Waals surface area contributed by atoms with E-state index in [2.05, 4.69) is 15.3 Å². The number of carbonyl (C=O) groups is 1. The molecule has 3 heterocycles. The number of amides is 1. The third-order valence-electron chi connectivity index (χ3n) is 4.53. The van der Waals surface area contributed by atoms with Crippen molar-refractivity contribution in [2.45, 2.75) is 19.6 Å². The van der Waals surface area contributed by atoms with Crippen molar-refractivity contribution < 1.29 is 18.6 Å². The summed E-state index contributed by atoms with van der Waals surface area (Å²) in [7, 11) is 1.67. The Kier molecular flexibility index (Phi) is 4.76. The Morgan fingerprint density at radius 2 is 2.07 bits per heavy atom. The van der Waals surface area contributed by atoms with Gasteiger partial charge < -0.3 is 18.7 Å². The van der Waals surface area contributed by atoms with E-state index < -0.39 is 0 Å². The van der Waals surface area contributed by atoms with Crippen LogP contribution in [0.3, 0.4) is 0 Å². The Morgan fingerprint density at radius 3 is 2.89 bits per heavy atom. The zero-order chi connectivity index (χ0) is 19.5. The molecule has 1 atom stereocenters. The van der Waals surface area contributed by atoms with Crippen LogP contribution >= 0.6 is 0 Å². The highest BCUT2D eigenvalue weighted by Gasteiger charge is 2.23. The van der Waals surface area contributed by atoms with Crippen molar-refractivity contribution >= 4 is 16.8 Å². The Labute approximate surface area is 160 Å². The van der Waals surface area contributed by atoms with Crippen molar-refractivity contribution in [1.29, 1.82) is 0 Å². The van der Waals surface area contributed by atoms with Gasteiger partial charge in [-0.1, -0.05) is 28.5 Å². The lowest BCUT2D eigenvalue weighted by molar-refractivity contribution is 0.0727. The van der Waals surface area contributed by atoms with Crippen LogP contribution in [0.1, 0.15) is 34.9 Å². The molecule has 0 aliphatic rings. The monoisotopic (exact) mass is 378 g/mol. The van der Waals surface area contributed by atoms with E-state index in [0.29, 0.717) is 17.2 Å². The van der Waals surface area contributed by atoms with Gasteiger partial charge in [-0.15, -0.1) is 0 Å². The van der Waals surface area contributed by atoms with Gasteiger partial charge in [0, 0.05) is 30.8 Å². The van der Waals surface area contributed by atoms with Gasteiger partial charge in [0.05, 0.1) is 6.04 Å². The maximum absolute atomic E-state index is 12.6. The summed E-state index contributed by atoms with van der Waals surface area (Å²) < 4.78 is 15.9. The Hall–Kier alpha value is -3.68. The normalized spacial score (nSPS) is 12.1. The molecule has 8 heteroatoms. The molecule has 3 aromatic heterocycles. The first-order valence-electron chi connectivity index (χ1n) is 8.73. The molecule has 0 bridgehead atoms. The molecule has 4 rings (SSSR count). The van der Waals surface area contributed by atoms with Crippen molar-refractivity contribution in [3.05, 3.63) is 72.1 Å². The van der Waals surface area contributed by atoms with Gasteiger partial charge in [-0.2, -0.15) is 0 Å². The zero-order valence-corrected chi connectivity index (χ0v) is 15.4.